The van der Waals surface area contributed by atoms with E-state index in [-0.39, 0.29) is 23.5 Å². The third kappa shape index (κ3) is 5.22. The summed E-state index contributed by atoms with van der Waals surface area (Å²) in [6, 6.07) is 13.9. The van der Waals surface area contributed by atoms with Gasteiger partial charge in [-0.1, -0.05) is 38.1 Å². The van der Waals surface area contributed by atoms with Crippen molar-refractivity contribution in [2.75, 3.05) is 20.1 Å². The van der Waals surface area contributed by atoms with Gasteiger partial charge >= 0.3 is 0 Å². The lowest BCUT2D eigenvalue weighted by Crippen LogP contribution is -2.45. The van der Waals surface area contributed by atoms with Crippen LogP contribution in [-0.2, 0) is 11.3 Å². The summed E-state index contributed by atoms with van der Waals surface area (Å²) in [6.07, 6.45) is 1.57. The number of halogens is 1. The maximum Gasteiger partial charge on any atom is 0.253 e. The Morgan fingerprint density at radius 3 is 2.38 bits per heavy atom. The zero-order chi connectivity index (χ0) is 21.0. The number of benzene rings is 2. The van der Waals surface area contributed by atoms with Crippen LogP contribution in [0.25, 0.3) is 0 Å². The average molecular weight is 397 g/mol. The van der Waals surface area contributed by atoms with Crippen LogP contribution in [0.2, 0.25) is 0 Å². The zero-order valence-corrected chi connectivity index (χ0v) is 17.4. The maximum absolute atomic E-state index is 13.1. The van der Waals surface area contributed by atoms with Crippen LogP contribution in [0.5, 0.6) is 0 Å². The fourth-order valence-electron chi connectivity index (χ4n) is 3.81. The molecule has 4 nitrogen and oxygen atoms in total. The molecule has 1 fully saturated rings. The molecule has 1 heterocycles. The lowest BCUT2D eigenvalue weighted by Gasteiger charge is -2.34. The SMILES string of the molecule is CC(C)c1ccc(CN(C)C(=O)C2CCCN(C(=O)c3ccc(F)cc3)C2)cc1. The van der Waals surface area contributed by atoms with Crippen LogP contribution >= 0.6 is 0 Å². The van der Waals surface area contributed by atoms with E-state index >= 15 is 0 Å². The molecular weight excluding hydrogens is 367 g/mol. The van der Waals surface area contributed by atoms with Gasteiger partial charge < -0.3 is 9.80 Å². The summed E-state index contributed by atoms with van der Waals surface area (Å²) in [6.45, 7) is 5.91. The van der Waals surface area contributed by atoms with Crippen LogP contribution in [0.15, 0.2) is 48.5 Å². The highest BCUT2D eigenvalue weighted by Crippen LogP contribution is 2.22. The van der Waals surface area contributed by atoms with Gasteiger partial charge in [-0.2, -0.15) is 0 Å². The molecule has 29 heavy (non-hydrogen) atoms. The molecule has 0 radical (unpaired) electrons. The van der Waals surface area contributed by atoms with Crippen molar-refractivity contribution >= 4 is 11.8 Å². The number of carbonyl (C=O) groups excluding carboxylic acids is 2. The molecule has 3 rings (SSSR count). The average Bonchev–Trinajstić information content (AvgIpc) is 2.73. The minimum atomic E-state index is -0.365. The molecule has 2 amide bonds. The molecule has 1 aliphatic rings. The van der Waals surface area contributed by atoms with Crippen molar-refractivity contribution < 1.29 is 14.0 Å². The van der Waals surface area contributed by atoms with Gasteiger partial charge in [-0.3, -0.25) is 9.59 Å². The molecule has 0 N–H and O–H groups in total. The first kappa shape index (κ1) is 21.0. The van der Waals surface area contributed by atoms with Crippen molar-refractivity contribution in [3.63, 3.8) is 0 Å². The van der Waals surface area contributed by atoms with Crippen LogP contribution in [-0.4, -0.2) is 41.8 Å². The number of nitrogens with zero attached hydrogens (tertiary/aromatic N) is 2. The van der Waals surface area contributed by atoms with E-state index in [0.29, 0.717) is 31.1 Å². The maximum atomic E-state index is 13.1. The number of amides is 2. The van der Waals surface area contributed by atoms with Gasteiger partial charge in [0.05, 0.1) is 5.92 Å². The van der Waals surface area contributed by atoms with Gasteiger partial charge in [0.25, 0.3) is 5.91 Å². The molecule has 5 heteroatoms. The second-order valence-electron chi connectivity index (χ2n) is 8.19. The first-order valence-electron chi connectivity index (χ1n) is 10.2. The van der Waals surface area contributed by atoms with E-state index in [9.17, 15) is 14.0 Å². The number of rotatable bonds is 5. The molecule has 0 aliphatic carbocycles. The third-order valence-electron chi connectivity index (χ3n) is 5.59. The lowest BCUT2D eigenvalue weighted by molar-refractivity contribution is -0.136. The molecular formula is C24H29FN2O2. The number of hydrogen-bond acceptors (Lipinski definition) is 2. The summed E-state index contributed by atoms with van der Waals surface area (Å²) < 4.78 is 13.1. The highest BCUT2D eigenvalue weighted by molar-refractivity contribution is 5.94. The van der Waals surface area contributed by atoms with E-state index in [0.717, 1.165) is 18.4 Å². The van der Waals surface area contributed by atoms with Gasteiger partial charge in [-0.05, 0) is 54.2 Å². The summed E-state index contributed by atoms with van der Waals surface area (Å²) in [5.41, 5.74) is 2.84. The molecule has 0 saturated carbocycles. The van der Waals surface area contributed by atoms with E-state index in [4.69, 9.17) is 0 Å². The third-order valence-corrected chi connectivity index (χ3v) is 5.59. The van der Waals surface area contributed by atoms with Crippen molar-refractivity contribution in [2.45, 2.75) is 39.2 Å². The van der Waals surface area contributed by atoms with E-state index in [1.165, 1.54) is 29.8 Å². The highest BCUT2D eigenvalue weighted by atomic mass is 19.1. The van der Waals surface area contributed by atoms with Crippen molar-refractivity contribution in [3.8, 4) is 0 Å². The molecule has 154 valence electrons. The van der Waals surface area contributed by atoms with E-state index in [1.54, 1.807) is 9.80 Å². The van der Waals surface area contributed by atoms with Crippen LogP contribution in [0, 0.1) is 11.7 Å². The number of hydrogen-bond donors (Lipinski definition) is 0. The monoisotopic (exact) mass is 396 g/mol. The normalized spacial score (nSPS) is 16.7. The standard InChI is InChI=1S/C24H29FN2O2/c1-17(2)19-8-6-18(7-9-19)15-26(3)23(28)21-5-4-14-27(16-21)24(29)20-10-12-22(25)13-11-20/h6-13,17,21H,4-5,14-16H2,1-3H3. The molecule has 1 unspecified atom stereocenters. The number of likely N-dealkylation sites (tertiary alicyclic amines) is 1. The molecule has 1 atom stereocenters. The van der Waals surface area contributed by atoms with Crippen molar-refractivity contribution in [2.24, 2.45) is 5.92 Å². The van der Waals surface area contributed by atoms with Gasteiger partial charge in [0.1, 0.15) is 5.82 Å². The Kier molecular flexibility index (Phi) is 6.68. The molecule has 2 aromatic carbocycles. The van der Waals surface area contributed by atoms with Gasteiger partial charge in [0.15, 0.2) is 0 Å². The van der Waals surface area contributed by atoms with Crippen molar-refractivity contribution in [1.29, 1.82) is 0 Å². The van der Waals surface area contributed by atoms with E-state index in [1.807, 2.05) is 7.05 Å². The summed E-state index contributed by atoms with van der Waals surface area (Å²) in [4.78, 5) is 29.1. The van der Waals surface area contributed by atoms with Crippen molar-refractivity contribution in [1.82, 2.24) is 9.80 Å². The number of piperidine rings is 1. The van der Waals surface area contributed by atoms with Gasteiger partial charge in [0.2, 0.25) is 5.91 Å². The Labute approximate surface area is 172 Å². The predicted octanol–water partition coefficient (Wildman–Crippen LogP) is 4.46. The summed E-state index contributed by atoms with van der Waals surface area (Å²) in [5.74, 6) is -0.163. The second-order valence-corrected chi connectivity index (χ2v) is 8.19. The first-order chi connectivity index (χ1) is 13.8. The van der Waals surface area contributed by atoms with Gasteiger partial charge in [-0.15, -0.1) is 0 Å². The number of carbonyl (C=O) groups is 2. The summed E-state index contributed by atoms with van der Waals surface area (Å²) in [5, 5.41) is 0. The quantitative estimate of drug-likeness (QED) is 0.749. The van der Waals surface area contributed by atoms with Crippen LogP contribution in [0.3, 0.4) is 0 Å². The van der Waals surface area contributed by atoms with E-state index in [2.05, 4.69) is 38.1 Å². The Balaban J connectivity index is 1.61. The molecule has 0 aromatic heterocycles. The van der Waals surface area contributed by atoms with Gasteiger partial charge in [-0.25, -0.2) is 4.39 Å². The first-order valence-corrected chi connectivity index (χ1v) is 10.2. The zero-order valence-electron chi connectivity index (χ0n) is 17.4. The Bertz CT molecular complexity index is 846. The molecule has 0 spiro atoms. The molecule has 2 aromatic rings. The molecule has 0 bridgehead atoms. The fourth-order valence-corrected chi connectivity index (χ4v) is 3.81. The second kappa shape index (κ2) is 9.21. The lowest BCUT2D eigenvalue weighted by atomic mass is 9.95. The predicted molar refractivity (Wildman–Crippen MR) is 112 cm³/mol. The summed E-state index contributed by atoms with van der Waals surface area (Å²) >= 11 is 0. The Morgan fingerprint density at radius 2 is 1.76 bits per heavy atom. The summed E-state index contributed by atoms with van der Waals surface area (Å²) in [7, 11) is 1.82. The fraction of sp³-hybridized carbons (Fsp3) is 0.417. The van der Waals surface area contributed by atoms with Crippen LogP contribution < -0.4 is 0 Å². The minimum Gasteiger partial charge on any atom is -0.341 e. The largest absolute Gasteiger partial charge is 0.341 e. The van der Waals surface area contributed by atoms with E-state index < -0.39 is 0 Å². The van der Waals surface area contributed by atoms with Crippen LogP contribution in [0.1, 0.15) is 54.1 Å². The highest BCUT2D eigenvalue weighted by Gasteiger charge is 2.30. The smallest absolute Gasteiger partial charge is 0.253 e. The minimum absolute atomic E-state index is 0.0644. The Hall–Kier alpha value is -2.69. The Morgan fingerprint density at radius 1 is 1.10 bits per heavy atom. The van der Waals surface area contributed by atoms with Crippen molar-refractivity contribution in [3.05, 3.63) is 71.0 Å². The van der Waals surface area contributed by atoms with Crippen LogP contribution in [0.4, 0.5) is 4.39 Å². The molecule has 1 saturated heterocycles. The topological polar surface area (TPSA) is 40.6 Å². The molecule has 1 aliphatic heterocycles. The van der Waals surface area contributed by atoms with Gasteiger partial charge in [0, 0.05) is 32.2 Å².